The van der Waals surface area contributed by atoms with Gasteiger partial charge in [-0.25, -0.2) is 4.98 Å². The monoisotopic (exact) mass is 440 g/mol. The highest BCUT2D eigenvalue weighted by Gasteiger charge is 2.33. The zero-order valence-corrected chi connectivity index (χ0v) is 17.9. The minimum Gasteiger partial charge on any atom is -0.458 e. The average molecular weight is 441 g/mol. The number of hydrogen-bond donors (Lipinski definition) is 1. The number of carbonyl (C=O) groups excluding carboxylic acids is 1. The fourth-order valence-electron chi connectivity index (χ4n) is 4.75. The molecule has 1 atom stereocenters. The van der Waals surface area contributed by atoms with Crippen molar-refractivity contribution in [3.63, 3.8) is 0 Å². The molecule has 1 aliphatic carbocycles. The summed E-state index contributed by atoms with van der Waals surface area (Å²) in [5.74, 6) is 1.16. The molecule has 32 heavy (non-hydrogen) atoms. The van der Waals surface area contributed by atoms with Crippen LogP contribution in [-0.4, -0.2) is 34.5 Å². The second-order valence-corrected chi connectivity index (χ2v) is 8.47. The Morgan fingerprint density at radius 3 is 2.50 bits per heavy atom. The molecule has 1 aliphatic heterocycles. The Morgan fingerprint density at radius 1 is 1.12 bits per heavy atom. The summed E-state index contributed by atoms with van der Waals surface area (Å²) in [6.07, 6.45) is 7.56. The highest BCUT2D eigenvalue weighted by atomic mass is 16.6. The molecule has 0 amide bonds. The van der Waals surface area contributed by atoms with Crippen LogP contribution < -0.4 is 10.1 Å². The molecule has 0 spiro atoms. The van der Waals surface area contributed by atoms with Crippen molar-refractivity contribution in [3.8, 4) is 11.6 Å². The second kappa shape index (κ2) is 10.5. The van der Waals surface area contributed by atoms with Crippen molar-refractivity contribution >= 4 is 12.2 Å². The first-order valence-electron chi connectivity index (χ1n) is 11.2. The van der Waals surface area contributed by atoms with E-state index in [1.54, 1.807) is 0 Å². The van der Waals surface area contributed by atoms with Crippen molar-refractivity contribution in [1.82, 2.24) is 15.3 Å². The molecule has 1 aromatic heterocycles. The Bertz CT molecular complexity index is 924. The first kappa shape index (κ1) is 22.1. The highest BCUT2D eigenvalue weighted by Crippen LogP contribution is 2.39. The minimum absolute atomic E-state index is 0.0632. The van der Waals surface area contributed by atoms with E-state index in [4.69, 9.17) is 9.47 Å². The molecule has 170 valence electrons. The van der Waals surface area contributed by atoms with Crippen LogP contribution in [0, 0.1) is 16.0 Å². The predicted octanol–water partition coefficient (Wildman–Crippen LogP) is 4.44. The molecule has 1 saturated heterocycles. The van der Waals surface area contributed by atoms with E-state index in [2.05, 4.69) is 15.3 Å². The molecule has 0 bridgehead atoms. The van der Waals surface area contributed by atoms with Crippen LogP contribution in [0.1, 0.15) is 68.2 Å². The van der Waals surface area contributed by atoms with Gasteiger partial charge in [0.25, 0.3) is 6.47 Å². The van der Waals surface area contributed by atoms with Crippen molar-refractivity contribution in [1.29, 1.82) is 0 Å². The fraction of sp³-hybridized carbons (Fsp3) is 0.522. The normalized spacial score (nSPS) is 18.2. The Hall–Kier alpha value is -3.07. The van der Waals surface area contributed by atoms with Crippen LogP contribution >= 0.6 is 0 Å². The average Bonchev–Trinajstić information content (AvgIpc) is 3.35. The fourth-order valence-corrected chi connectivity index (χ4v) is 4.75. The van der Waals surface area contributed by atoms with Crippen LogP contribution in [0.25, 0.3) is 0 Å². The number of benzene rings is 1. The summed E-state index contributed by atoms with van der Waals surface area (Å²) in [5, 5.41) is 15.2. The van der Waals surface area contributed by atoms with Crippen molar-refractivity contribution in [2.45, 2.75) is 57.0 Å². The topological polar surface area (TPSA) is 116 Å². The van der Waals surface area contributed by atoms with Crippen molar-refractivity contribution in [3.05, 3.63) is 52.0 Å². The van der Waals surface area contributed by atoms with Crippen molar-refractivity contribution in [2.24, 2.45) is 5.92 Å². The molecule has 1 N–H and O–H groups in total. The van der Waals surface area contributed by atoms with E-state index < -0.39 is 11.0 Å². The Morgan fingerprint density at radius 2 is 1.84 bits per heavy atom. The van der Waals surface area contributed by atoms with Gasteiger partial charge in [-0.15, -0.1) is 0 Å². The number of hydrogen-bond acceptors (Lipinski definition) is 8. The summed E-state index contributed by atoms with van der Waals surface area (Å²) >= 11 is 0. The third-order valence-electron chi connectivity index (χ3n) is 6.45. The van der Waals surface area contributed by atoms with E-state index in [1.807, 2.05) is 24.3 Å². The van der Waals surface area contributed by atoms with Gasteiger partial charge in [0.2, 0.25) is 0 Å². The molecule has 0 radical (unpaired) electrons. The summed E-state index contributed by atoms with van der Waals surface area (Å²) in [4.78, 5) is 30.7. The van der Waals surface area contributed by atoms with Crippen LogP contribution in [0.3, 0.4) is 0 Å². The predicted molar refractivity (Wildman–Crippen MR) is 117 cm³/mol. The maximum atomic E-state index is 12.0. The lowest BCUT2D eigenvalue weighted by atomic mass is 9.90. The number of nitrogens with one attached hydrogen (secondary N) is 1. The SMILES string of the molecule is O=COC(CC1CCNCC1)c1ncnc(Oc2ccc(C3CCCC3)cc2)c1[N+](=O)[O-]. The second-order valence-electron chi connectivity index (χ2n) is 8.47. The van der Waals surface area contributed by atoms with Gasteiger partial charge in [0.1, 0.15) is 12.1 Å². The molecule has 1 unspecified atom stereocenters. The summed E-state index contributed by atoms with van der Waals surface area (Å²) < 4.78 is 11.0. The van der Waals surface area contributed by atoms with Gasteiger partial charge in [0, 0.05) is 0 Å². The summed E-state index contributed by atoms with van der Waals surface area (Å²) in [5.41, 5.74) is 0.954. The van der Waals surface area contributed by atoms with Gasteiger partial charge in [0.05, 0.1) is 4.92 Å². The molecule has 1 aromatic carbocycles. The quantitative estimate of drug-likeness (QED) is 0.346. The molecule has 9 nitrogen and oxygen atoms in total. The summed E-state index contributed by atoms with van der Waals surface area (Å²) in [6.45, 7) is 2.06. The Kier molecular flexibility index (Phi) is 7.26. The van der Waals surface area contributed by atoms with E-state index in [1.165, 1.54) is 37.6 Å². The maximum absolute atomic E-state index is 12.0. The van der Waals surface area contributed by atoms with E-state index in [-0.39, 0.29) is 23.2 Å². The van der Waals surface area contributed by atoms with Crippen molar-refractivity contribution < 1.29 is 19.2 Å². The van der Waals surface area contributed by atoms with E-state index in [0.717, 1.165) is 25.9 Å². The molecule has 9 heteroatoms. The number of rotatable bonds is 9. The van der Waals surface area contributed by atoms with Crippen LogP contribution in [0.5, 0.6) is 11.6 Å². The van der Waals surface area contributed by atoms with E-state index >= 15 is 0 Å². The Labute approximate surface area is 186 Å². The summed E-state index contributed by atoms with van der Waals surface area (Å²) in [6, 6.07) is 7.64. The Balaban J connectivity index is 1.57. The number of nitrogens with zero attached hydrogens (tertiary/aromatic N) is 3. The molecule has 1 saturated carbocycles. The lowest BCUT2D eigenvalue weighted by Crippen LogP contribution is -2.29. The van der Waals surface area contributed by atoms with Gasteiger partial charge < -0.3 is 14.8 Å². The highest BCUT2D eigenvalue weighted by molar-refractivity contribution is 5.49. The van der Waals surface area contributed by atoms with Gasteiger partial charge in [0.15, 0.2) is 11.8 Å². The molecule has 2 aromatic rings. The van der Waals surface area contributed by atoms with Gasteiger partial charge in [-0.3, -0.25) is 14.9 Å². The van der Waals surface area contributed by atoms with Gasteiger partial charge in [-0.2, -0.15) is 4.98 Å². The molecule has 2 fully saturated rings. The smallest absolute Gasteiger partial charge is 0.356 e. The molecular formula is C23H28N4O5. The van der Waals surface area contributed by atoms with E-state index in [0.29, 0.717) is 24.6 Å². The number of carbonyl (C=O) groups is 1. The number of nitro groups is 1. The van der Waals surface area contributed by atoms with Crippen LogP contribution in [0.15, 0.2) is 30.6 Å². The summed E-state index contributed by atoms with van der Waals surface area (Å²) in [7, 11) is 0. The first-order chi connectivity index (χ1) is 15.7. The van der Waals surface area contributed by atoms with Crippen LogP contribution in [0.2, 0.25) is 0 Å². The number of ether oxygens (including phenoxy) is 2. The molecule has 2 aliphatic rings. The minimum atomic E-state index is -0.828. The largest absolute Gasteiger partial charge is 0.458 e. The number of piperidine rings is 1. The molecule has 2 heterocycles. The molecular weight excluding hydrogens is 412 g/mol. The van der Waals surface area contributed by atoms with Gasteiger partial charge in [-0.1, -0.05) is 25.0 Å². The lowest BCUT2D eigenvalue weighted by Gasteiger charge is -2.25. The van der Waals surface area contributed by atoms with Gasteiger partial charge >= 0.3 is 11.6 Å². The third-order valence-corrected chi connectivity index (χ3v) is 6.45. The first-order valence-corrected chi connectivity index (χ1v) is 11.2. The number of aromatic nitrogens is 2. The van der Waals surface area contributed by atoms with Crippen LogP contribution in [0.4, 0.5) is 5.69 Å². The van der Waals surface area contributed by atoms with E-state index in [9.17, 15) is 14.9 Å². The van der Waals surface area contributed by atoms with Crippen molar-refractivity contribution in [2.75, 3.05) is 13.1 Å². The zero-order chi connectivity index (χ0) is 22.3. The molecule has 4 rings (SSSR count). The lowest BCUT2D eigenvalue weighted by molar-refractivity contribution is -0.387. The van der Waals surface area contributed by atoms with Crippen LogP contribution in [-0.2, 0) is 9.53 Å². The third kappa shape index (κ3) is 5.21. The zero-order valence-electron chi connectivity index (χ0n) is 17.9. The van der Waals surface area contributed by atoms with Gasteiger partial charge in [-0.05, 0) is 74.7 Å². The maximum Gasteiger partial charge on any atom is 0.356 e. The standard InChI is InChI=1S/C23H28N4O5/c28-15-31-20(13-16-9-11-24-12-10-16)21-22(27(29)30)23(26-14-25-21)32-19-7-5-18(6-8-19)17-3-1-2-4-17/h5-8,14-17,20,24H,1-4,9-13H2.